The molecular weight excluding hydrogens is 280 g/mol. The number of hydrogen-bond acceptors (Lipinski definition) is 4. The van der Waals surface area contributed by atoms with E-state index in [0.717, 1.165) is 38.3 Å². The van der Waals surface area contributed by atoms with Crippen LogP contribution in [0.4, 0.5) is 0 Å². The molecule has 0 aromatic heterocycles. The Hall–Kier alpha value is -1.32. The highest BCUT2D eigenvalue weighted by Gasteiger charge is 2.68. The molecule has 0 aromatic carbocycles. The van der Waals surface area contributed by atoms with Gasteiger partial charge in [0.1, 0.15) is 24.1 Å². The number of aldehydes is 2. The predicted octanol–water partition coefficient (Wildman–Crippen LogP) is 1.31. The van der Waals surface area contributed by atoms with Gasteiger partial charge in [0.15, 0.2) is 0 Å². The molecule has 0 heterocycles. The van der Waals surface area contributed by atoms with Crippen LogP contribution in [0.25, 0.3) is 0 Å². The van der Waals surface area contributed by atoms with Gasteiger partial charge in [0.25, 0.3) is 0 Å². The maximum atomic E-state index is 13.1. The van der Waals surface area contributed by atoms with Crippen LogP contribution in [0.5, 0.6) is 0 Å². The van der Waals surface area contributed by atoms with E-state index in [1.54, 1.807) is 0 Å². The van der Waals surface area contributed by atoms with Crippen LogP contribution in [0.3, 0.4) is 0 Å². The van der Waals surface area contributed by atoms with E-state index in [1.807, 2.05) is 0 Å². The highest BCUT2D eigenvalue weighted by atomic mass is 16.1. The Morgan fingerprint density at radius 1 is 0.636 bits per heavy atom. The number of ketones is 2. The van der Waals surface area contributed by atoms with Crippen molar-refractivity contribution in [3.05, 3.63) is 0 Å². The largest absolute Gasteiger partial charge is 0.303 e. The van der Waals surface area contributed by atoms with Gasteiger partial charge >= 0.3 is 0 Å². The van der Waals surface area contributed by atoms with Crippen molar-refractivity contribution in [1.29, 1.82) is 0 Å². The Kier molecular flexibility index (Phi) is 2.48. The molecule has 10 atom stereocenters. The zero-order valence-corrected chi connectivity index (χ0v) is 12.4. The van der Waals surface area contributed by atoms with Crippen molar-refractivity contribution in [2.45, 2.75) is 25.7 Å². The Morgan fingerprint density at radius 2 is 1.05 bits per heavy atom. The fourth-order valence-electron chi connectivity index (χ4n) is 7.17. The van der Waals surface area contributed by atoms with E-state index in [9.17, 15) is 19.2 Å². The van der Waals surface area contributed by atoms with Crippen molar-refractivity contribution in [3.8, 4) is 0 Å². The van der Waals surface area contributed by atoms with Crippen molar-refractivity contribution >= 4 is 24.1 Å². The monoisotopic (exact) mass is 300 g/mol. The van der Waals surface area contributed by atoms with Gasteiger partial charge in [0.05, 0.1) is 0 Å². The molecule has 5 rings (SSSR count). The molecule has 0 N–H and O–H groups in total. The molecule has 5 fully saturated rings. The number of hydrogen-bond donors (Lipinski definition) is 0. The summed E-state index contributed by atoms with van der Waals surface area (Å²) >= 11 is 0. The molecule has 0 radical (unpaired) electrons. The third-order valence-corrected chi connectivity index (χ3v) is 7.78. The number of Topliss-reactive ketones (excluding diaryl/α,β-unsaturated/α-hetero) is 2. The van der Waals surface area contributed by atoms with E-state index in [-0.39, 0.29) is 70.7 Å². The van der Waals surface area contributed by atoms with Gasteiger partial charge in [0.2, 0.25) is 0 Å². The molecule has 0 aliphatic heterocycles. The molecular formula is C18H20O4. The molecule has 4 heteroatoms. The second-order valence-corrected chi connectivity index (χ2v) is 8.30. The van der Waals surface area contributed by atoms with Gasteiger partial charge < -0.3 is 9.59 Å². The smallest absolute Gasteiger partial charge is 0.141 e. The second kappa shape index (κ2) is 4.15. The van der Waals surface area contributed by atoms with E-state index in [4.69, 9.17) is 0 Å². The lowest BCUT2D eigenvalue weighted by Crippen LogP contribution is -2.54. The van der Waals surface area contributed by atoms with Crippen LogP contribution in [-0.2, 0) is 19.2 Å². The summed E-state index contributed by atoms with van der Waals surface area (Å²) in [5, 5.41) is 0. The fraction of sp³-hybridized carbons (Fsp3) is 0.778. The molecule has 116 valence electrons. The molecule has 4 bridgehead atoms. The Morgan fingerprint density at radius 3 is 1.41 bits per heavy atom. The van der Waals surface area contributed by atoms with E-state index >= 15 is 0 Å². The normalized spacial score (nSPS) is 57.8. The van der Waals surface area contributed by atoms with Crippen molar-refractivity contribution in [1.82, 2.24) is 0 Å². The minimum absolute atomic E-state index is 0.0131. The summed E-state index contributed by atoms with van der Waals surface area (Å²) < 4.78 is 0. The first-order valence-electron chi connectivity index (χ1n) is 8.63. The highest BCUT2D eigenvalue weighted by Crippen LogP contribution is 2.65. The number of carbonyl (C=O) groups is 4. The van der Waals surface area contributed by atoms with Crippen LogP contribution in [0.1, 0.15) is 25.7 Å². The van der Waals surface area contributed by atoms with Crippen molar-refractivity contribution < 1.29 is 19.2 Å². The maximum absolute atomic E-state index is 13.1. The molecule has 4 nitrogen and oxygen atoms in total. The molecule has 0 aromatic rings. The molecule has 0 spiro atoms. The van der Waals surface area contributed by atoms with Crippen LogP contribution in [0, 0.1) is 59.2 Å². The van der Waals surface area contributed by atoms with Crippen molar-refractivity contribution in [3.63, 3.8) is 0 Å². The standard InChI is InChI=1S/C18H20O4/c19-5-9-1-7-3-11(9)15-13(7)17(21)16-12-4-8(2-10(12)6-20)14(16)18(15)22/h5-16H,1-4H2. The lowest BCUT2D eigenvalue weighted by Gasteiger charge is -2.44. The van der Waals surface area contributed by atoms with E-state index in [0.29, 0.717) is 0 Å². The van der Waals surface area contributed by atoms with Crippen LogP contribution >= 0.6 is 0 Å². The van der Waals surface area contributed by atoms with Crippen molar-refractivity contribution in [2.24, 2.45) is 59.2 Å². The average Bonchev–Trinajstić information content (AvgIpc) is 3.27. The summed E-state index contributed by atoms with van der Waals surface area (Å²) in [5.74, 6) is 0.569. The Balaban J connectivity index is 1.54. The zero-order chi connectivity index (χ0) is 15.2. The van der Waals surface area contributed by atoms with Gasteiger partial charge in [-0.05, 0) is 49.4 Å². The maximum Gasteiger partial charge on any atom is 0.141 e. The summed E-state index contributed by atoms with van der Waals surface area (Å²) in [6.45, 7) is 0. The summed E-state index contributed by atoms with van der Waals surface area (Å²) in [6.07, 6.45) is 5.35. The zero-order valence-electron chi connectivity index (χ0n) is 12.4. The first-order chi connectivity index (χ1) is 10.7. The predicted molar refractivity (Wildman–Crippen MR) is 75.5 cm³/mol. The topological polar surface area (TPSA) is 68.3 Å². The first-order valence-corrected chi connectivity index (χ1v) is 8.63. The molecule has 22 heavy (non-hydrogen) atoms. The van der Waals surface area contributed by atoms with Gasteiger partial charge in [-0.1, -0.05) is 0 Å². The third-order valence-electron chi connectivity index (χ3n) is 7.78. The number of carbonyl (C=O) groups excluding carboxylic acids is 4. The van der Waals surface area contributed by atoms with E-state index in [1.165, 1.54) is 0 Å². The minimum Gasteiger partial charge on any atom is -0.303 e. The summed E-state index contributed by atoms with van der Waals surface area (Å²) in [6, 6.07) is 0. The highest BCUT2D eigenvalue weighted by molar-refractivity contribution is 6.02. The molecule has 10 unspecified atom stereocenters. The average molecular weight is 300 g/mol. The Labute approximate surface area is 129 Å². The lowest BCUT2D eigenvalue weighted by atomic mass is 9.56. The second-order valence-electron chi connectivity index (χ2n) is 8.30. The Bertz CT molecular complexity index is 544. The molecule has 5 aliphatic rings. The van der Waals surface area contributed by atoms with Crippen LogP contribution < -0.4 is 0 Å². The minimum atomic E-state index is -0.184. The quantitative estimate of drug-likeness (QED) is 0.721. The summed E-state index contributed by atoms with van der Waals surface area (Å²) in [5.41, 5.74) is 0. The van der Waals surface area contributed by atoms with Gasteiger partial charge in [-0.2, -0.15) is 0 Å². The lowest BCUT2D eigenvalue weighted by molar-refractivity contribution is -0.154. The van der Waals surface area contributed by atoms with Gasteiger partial charge in [-0.25, -0.2) is 0 Å². The molecule has 0 saturated heterocycles. The summed E-state index contributed by atoms with van der Waals surface area (Å²) in [7, 11) is 0. The van der Waals surface area contributed by atoms with Gasteiger partial charge in [0, 0.05) is 35.5 Å². The third kappa shape index (κ3) is 1.31. The molecule has 5 aliphatic carbocycles. The fourth-order valence-corrected chi connectivity index (χ4v) is 7.17. The van der Waals surface area contributed by atoms with Crippen LogP contribution in [-0.4, -0.2) is 24.1 Å². The SMILES string of the molecule is O=CC1CC2CC1C1C(=O)C3C4CC(C=O)C(C4)C3C(=O)C21. The van der Waals surface area contributed by atoms with Crippen LogP contribution in [0.15, 0.2) is 0 Å². The molecule has 0 amide bonds. The number of rotatable bonds is 2. The number of fused-ring (bicyclic) bond motifs is 10. The van der Waals surface area contributed by atoms with Crippen molar-refractivity contribution in [2.75, 3.05) is 0 Å². The van der Waals surface area contributed by atoms with Gasteiger partial charge in [-0.15, -0.1) is 0 Å². The van der Waals surface area contributed by atoms with E-state index in [2.05, 4.69) is 0 Å². The first kappa shape index (κ1) is 13.1. The van der Waals surface area contributed by atoms with Gasteiger partial charge in [-0.3, -0.25) is 9.59 Å². The van der Waals surface area contributed by atoms with Crippen LogP contribution in [0.2, 0.25) is 0 Å². The van der Waals surface area contributed by atoms with E-state index < -0.39 is 0 Å². The molecule has 5 saturated carbocycles. The summed E-state index contributed by atoms with van der Waals surface area (Å²) in [4.78, 5) is 48.8.